The van der Waals surface area contributed by atoms with Crippen molar-refractivity contribution in [3.63, 3.8) is 0 Å². The van der Waals surface area contributed by atoms with Crippen LogP contribution in [0, 0.1) is 0 Å². The molecule has 0 bridgehead atoms. The second-order valence-corrected chi connectivity index (χ2v) is 4.90. The van der Waals surface area contributed by atoms with Crippen LogP contribution >= 0.6 is 0 Å². The quantitative estimate of drug-likeness (QED) is 0.799. The maximum Gasteiger partial charge on any atom is 0.278 e. The first-order chi connectivity index (χ1) is 10.7. The summed E-state index contributed by atoms with van der Waals surface area (Å²) < 4.78 is 1.61. The Morgan fingerprint density at radius 2 is 1.73 bits per heavy atom. The first-order valence-corrected chi connectivity index (χ1v) is 7.07. The highest BCUT2D eigenvalue weighted by Gasteiger charge is 2.19. The molecule has 2 aromatic rings. The van der Waals surface area contributed by atoms with Crippen LogP contribution in [0.4, 0.5) is 5.69 Å². The molecule has 1 heterocycles. The molecule has 0 amide bonds. The lowest BCUT2D eigenvalue weighted by atomic mass is 10.1. The van der Waals surface area contributed by atoms with E-state index in [1.165, 1.54) is 0 Å². The zero-order valence-corrected chi connectivity index (χ0v) is 12.5. The standard InChI is InChI=1S/C18H20N2O2/c1-4-11-19(12-5-2)16-17(21)14-9-7-8-10-15(14)20(13-6-3)18(16)22/h4-10,21H,1-3,11-13H2. The van der Waals surface area contributed by atoms with Gasteiger partial charge in [-0.2, -0.15) is 0 Å². The maximum absolute atomic E-state index is 12.8. The predicted molar refractivity (Wildman–Crippen MR) is 92.7 cm³/mol. The largest absolute Gasteiger partial charge is 0.505 e. The average molecular weight is 296 g/mol. The molecule has 4 heteroatoms. The third-order valence-electron chi connectivity index (χ3n) is 3.45. The zero-order valence-electron chi connectivity index (χ0n) is 12.5. The molecule has 4 nitrogen and oxygen atoms in total. The molecule has 0 aliphatic heterocycles. The first kappa shape index (κ1) is 15.6. The van der Waals surface area contributed by atoms with Gasteiger partial charge in [0.1, 0.15) is 5.69 Å². The van der Waals surface area contributed by atoms with E-state index >= 15 is 0 Å². The number of aromatic nitrogens is 1. The Morgan fingerprint density at radius 1 is 1.09 bits per heavy atom. The smallest absolute Gasteiger partial charge is 0.278 e. The third-order valence-corrected chi connectivity index (χ3v) is 3.45. The van der Waals surface area contributed by atoms with Crippen molar-refractivity contribution in [2.24, 2.45) is 0 Å². The number of fused-ring (bicyclic) bond motifs is 1. The van der Waals surface area contributed by atoms with Crippen molar-refractivity contribution in [1.29, 1.82) is 0 Å². The minimum Gasteiger partial charge on any atom is -0.505 e. The molecule has 1 aromatic heterocycles. The Bertz CT molecular complexity index is 764. The van der Waals surface area contributed by atoms with Gasteiger partial charge in [-0.3, -0.25) is 4.79 Å². The van der Waals surface area contributed by atoms with Crippen molar-refractivity contribution in [3.8, 4) is 5.75 Å². The maximum atomic E-state index is 12.8. The summed E-state index contributed by atoms with van der Waals surface area (Å²) in [4.78, 5) is 14.6. The normalized spacial score (nSPS) is 10.4. The van der Waals surface area contributed by atoms with Gasteiger partial charge in [-0.25, -0.2) is 0 Å². The molecule has 0 fully saturated rings. The third kappa shape index (κ3) is 2.68. The van der Waals surface area contributed by atoms with Crippen LogP contribution in [0.15, 0.2) is 67.0 Å². The fourth-order valence-corrected chi connectivity index (χ4v) is 2.54. The van der Waals surface area contributed by atoms with E-state index < -0.39 is 0 Å². The number of hydrogen-bond acceptors (Lipinski definition) is 3. The van der Waals surface area contributed by atoms with Crippen molar-refractivity contribution >= 4 is 16.6 Å². The highest BCUT2D eigenvalue weighted by molar-refractivity contribution is 5.90. The van der Waals surface area contributed by atoms with Gasteiger partial charge in [-0.15, -0.1) is 19.7 Å². The van der Waals surface area contributed by atoms with Gasteiger partial charge in [0.05, 0.1) is 5.52 Å². The van der Waals surface area contributed by atoms with Crippen LogP contribution in [0.3, 0.4) is 0 Å². The van der Waals surface area contributed by atoms with E-state index in [9.17, 15) is 9.90 Å². The minimum absolute atomic E-state index is 0.00962. The lowest BCUT2D eigenvalue weighted by Gasteiger charge is -2.24. The van der Waals surface area contributed by atoms with E-state index in [1.54, 1.807) is 33.8 Å². The van der Waals surface area contributed by atoms with Gasteiger partial charge in [0, 0.05) is 25.0 Å². The van der Waals surface area contributed by atoms with Gasteiger partial charge in [0.15, 0.2) is 5.75 Å². The number of hydrogen-bond donors (Lipinski definition) is 1. The predicted octanol–water partition coefficient (Wildman–Crippen LogP) is 3.07. The molecule has 0 spiro atoms. The number of nitrogens with zero attached hydrogens (tertiary/aromatic N) is 2. The van der Waals surface area contributed by atoms with Gasteiger partial charge in [-0.05, 0) is 12.1 Å². The van der Waals surface area contributed by atoms with E-state index in [4.69, 9.17) is 0 Å². The average Bonchev–Trinajstić information content (AvgIpc) is 2.52. The molecule has 114 valence electrons. The minimum atomic E-state index is -0.250. The van der Waals surface area contributed by atoms with Gasteiger partial charge < -0.3 is 14.6 Å². The Balaban J connectivity index is 2.83. The molecule has 0 radical (unpaired) electrons. The molecule has 1 aromatic carbocycles. The molecule has 0 aliphatic carbocycles. The summed E-state index contributed by atoms with van der Waals surface area (Å²) in [6.07, 6.45) is 5.05. The molecule has 2 rings (SSSR count). The van der Waals surface area contributed by atoms with Crippen LogP contribution in [-0.2, 0) is 6.54 Å². The highest BCUT2D eigenvalue weighted by Crippen LogP contribution is 2.32. The summed E-state index contributed by atoms with van der Waals surface area (Å²) in [5.41, 5.74) is 0.700. The second kappa shape index (κ2) is 6.80. The SMILES string of the molecule is C=CCN(CC=C)c1c(O)c2ccccc2n(CC=C)c1=O. The molecule has 22 heavy (non-hydrogen) atoms. The summed E-state index contributed by atoms with van der Waals surface area (Å²) in [5.74, 6) is -0.00962. The molecular weight excluding hydrogens is 276 g/mol. The highest BCUT2D eigenvalue weighted by atomic mass is 16.3. The lowest BCUT2D eigenvalue weighted by molar-refractivity contribution is 0.478. The van der Waals surface area contributed by atoms with Crippen molar-refractivity contribution in [1.82, 2.24) is 4.57 Å². The van der Waals surface area contributed by atoms with Crippen LogP contribution in [0.2, 0.25) is 0 Å². The van der Waals surface area contributed by atoms with Crippen LogP contribution in [0.5, 0.6) is 5.75 Å². The van der Waals surface area contributed by atoms with Crippen LogP contribution < -0.4 is 10.5 Å². The fraction of sp³-hybridized carbons (Fsp3) is 0.167. The number of aromatic hydroxyl groups is 1. The number of pyridine rings is 1. The fourth-order valence-electron chi connectivity index (χ4n) is 2.54. The number of para-hydroxylation sites is 1. The van der Waals surface area contributed by atoms with Gasteiger partial charge in [0.25, 0.3) is 5.56 Å². The Labute approximate surface area is 129 Å². The molecule has 0 saturated carbocycles. The second-order valence-electron chi connectivity index (χ2n) is 4.90. The molecule has 0 unspecified atom stereocenters. The van der Waals surface area contributed by atoms with E-state index in [2.05, 4.69) is 19.7 Å². The van der Waals surface area contributed by atoms with E-state index in [0.29, 0.717) is 30.5 Å². The molecule has 0 aliphatic rings. The Kier molecular flexibility index (Phi) is 4.84. The number of rotatable bonds is 7. The van der Waals surface area contributed by atoms with E-state index in [0.717, 1.165) is 0 Å². The summed E-state index contributed by atoms with van der Waals surface area (Å²) in [5, 5.41) is 11.2. The summed E-state index contributed by atoms with van der Waals surface area (Å²) in [6, 6.07) is 7.29. The van der Waals surface area contributed by atoms with Crippen molar-refractivity contribution < 1.29 is 5.11 Å². The number of anilines is 1. The van der Waals surface area contributed by atoms with E-state index in [1.807, 2.05) is 18.2 Å². The number of allylic oxidation sites excluding steroid dienone is 1. The Hall–Kier alpha value is -2.75. The zero-order chi connectivity index (χ0) is 16.1. The van der Waals surface area contributed by atoms with Crippen LogP contribution in [0.1, 0.15) is 0 Å². The Morgan fingerprint density at radius 3 is 2.32 bits per heavy atom. The van der Waals surface area contributed by atoms with Crippen molar-refractivity contribution in [3.05, 3.63) is 72.6 Å². The summed E-state index contributed by atoms with van der Waals surface area (Å²) >= 11 is 0. The topological polar surface area (TPSA) is 45.5 Å². The van der Waals surface area contributed by atoms with Gasteiger partial charge in [-0.1, -0.05) is 30.4 Å². The summed E-state index contributed by atoms with van der Waals surface area (Å²) in [7, 11) is 0. The number of benzene rings is 1. The monoisotopic (exact) mass is 296 g/mol. The van der Waals surface area contributed by atoms with Crippen molar-refractivity contribution in [2.45, 2.75) is 6.54 Å². The summed E-state index contributed by atoms with van der Waals surface area (Å²) in [6.45, 7) is 12.4. The van der Waals surface area contributed by atoms with Crippen LogP contribution in [0.25, 0.3) is 10.9 Å². The molecule has 0 saturated heterocycles. The lowest BCUT2D eigenvalue weighted by Crippen LogP contribution is -2.32. The van der Waals surface area contributed by atoms with Crippen molar-refractivity contribution in [2.75, 3.05) is 18.0 Å². The van der Waals surface area contributed by atoms with Gasteiger partial charge >= 0.3 is 0 Å². The van der Waals surface area contributed by atoms with Gasteiger partial charge in [0.2, 0.25) is 0 Å². The molecule has 1 N–H and O–H groups in total. The molecule has 0 atom stereocenters. The molecular formula is C18H20N2O2. The van der Waals surface area contributed by atoms with Crippen LogP contribution in [-0.4, -0.2) is 22.8 Å². The first-order valence-electron chi connectivity index (χ1n) is 7.07. The van der Waals surface area contributed by atoms with E-state index in [-0.39, 0.29) is 17.0 Å².